The average molecular weight is 417 g/mol. The highest BCUT2D eigenvalue weighted by Gasteiger charge is 2.35. The molecule has 0 amide bonds. The Labute approximate surface area is 172 Å². The largest absolute Gasteiger partial charge is 0.324 e. The molecule has 1 aliphatic heterocycles. The first-order valence-electron chi connectivity index (χ1n) is 9.93. The van der Waals surface area contributed by atoms with Crippen molar-refractivity contribution in [2.45, 2.75) is 31.6 Å². The number of likely N-dealkylation sites (tertiary alicyclic amines) is 1. The van der Waals surface area contributed by atoms with Crippen LogP contribution in [0.5, 0.6) is 0 Å². The Morgan fingerprint density at radius 1 is 1.17 bits per heavy atom. The van der Waals surface area contributed by atoms with E-state index >= 15 is 0 Å². The molecule has 7 nitrogen and oxygen atoms in total. The first-order valence-corrected chi connectivity index (χ1v) is 11.4. The number of hydrogen-bond donors (Lipinski definition) is 1. The van der Waals surface area contributed by atoms with Crippen molar-refractivity contribution in [2.24, 2.45) is 5.73 Å². The Morgan fingerprint density at radius 3 is 2.41 bits per heavy atom. The molecule has 1 aromatic heterocycles. The maximum Gasteiger partial charge on any atom is 0.238 e. The van der Waals surface area contributed by atoms with E-state index in [9.17, 15) is 13.2 Å². The zero-order chi connectivity index (χ0) is 20.9. The van der Waals surface area contributed by atoms with Gasteiger partial charge in [0.05, 0.1) is 29.7 Å². The van der Waals surface area contributed by atoms with Gasteiger partial charge in [-0.2, -0.15) is 0 Å². The molecule has 1 aromatic carbocycles. The highest BCUT2D eigenvalue weighted by atomic mass is 32.2. The van der Waals surface area contributed by atoms with Crippen LogP contribution in [0.15, 0.2) is 48.7 Å². The normalized spacial score (nSPS) is 15.9. The minimum atomic E-state index is -3.56. The molecule has 0 saturated carbocycles. The summed E-state index contributed by atoms with van der Waals surface area (Å²) in [6.45, 7) is 4.65. The monoisotopic (exact) mass is 416 g/mol. The SMILES string of the molecule is CCN1CCC(S(=O)(=O)N(Cc2ccc(C(=O)CN)cn2)c2ccccc2)CC1. The number of rotatable bonds is 8. The van der Waals surface area contributed by atoms with Crippen LogP contribution in [0.25, 0.3) is 0 Å². The number of Topliss-reactive ketones (excluding diaryl/α,β-unsaturated/α-hetero) is 1. The Bertz CT molecular complexity index is 909. The Hall–Kier alpha value is -2.29. The topological polar surface area (TPSA) is 96.6 Å². The zero-order valence-electron chi connectivity index (χ0n) is 16.7. The predicted molar refractivity (Wildman–Crippen MR) is 114 cm³/mol. The van der Waals surface area contributed by atoms with Gasteiger partial charge in [0.2, 0.25) is 10.0 Å². The number of hydrogen-bond acceptors (Lipinski definition) is 6. The Balaban J connectivity index is 1.86. The van der Waals surface area contributed by atoms with E-state index < -0.39 is 15.3 Å². The summed E-state index contributed by atoms with van der Waals surface area (Å²) in [6, 6.07) is 12.4. The first kappa shape index (κ1) is 21.4. The maximum absolute atomic E-state index is 13.5. The molecule has 1 saturated heterocycles. The lowest BCUT2D eigenvalue weighted by Crippen LogP contribution is -2.45. The number of nitrogens with zero attached hydrogens (tertiary/aromatic N) is 3. The molecular weight excluding hydrogens is 388 g/mol. The molecule has 3 rings (SSSR count). The quantitative estimate of drug-likeness (QED) is 0.662. The van der Waals surface area contributed by atoms with Gasteiger partial charge in [-0.05, 0) is 56.7 Å². The van der Waals surface area contributed by atoms with Gasteiger partial charge in [-0.3, -0.25) is 14.1 Å². The Kier molecular flexibility index (Phi) is 7.00. The fraction of sp³-hybridized carbons (Fsp3) is 0.429. The van der Waals surface area contributed by atoms with Gasteiger partial charge in [-0.15, -0.1) is 0 Å². The molecule has 0 aliphatic carbocycles. The molecule has 0 bridgehead atoms. The molecular formula is C21H28N4O3S. The third kappa shape index (κ3) is 5.01. The summed E-state index contributed by atoms with van der Waals surface area (Å²) in [5.41, 5.74) is 7.02. The smallest absolute Gasteiger partial charge is 0.238 e. The van der Waals surface area contributed by atoms with E-state index in [0.717, 1.165) is 19.6 Å². The molecule has 2 heterocycles. The number of carbonyl (C=O) groups excluding carboxylic acids is 1. The second kappa shape index (κ2) is 9.47. The molecule has 29 heavy (non-hydrogen) atoms. The van der Waals surface area contributed by atoms with Crippen LogP contribution in [0, 0.1) is 0 Å². The van der Waals surface area contributed by atoms with Crippen molar-refractivity contribution in [3.63, 3.8) is 0 Å². The molecule has 8 heteroatoms. The number of para-hydroxylation sites is 1. The van der Waals surface area contributed by atoms with Crippen molar-refractivity contribution in [2.75, 3.05) is 30.5 Å². The highest BCUT2D eigenvalue weighted by Crippen LogP contribution is 2.27. The van der Waals surface area contributed by atoms with Gasteiger partial charge < -0.3 is 10.6 Å². The standard InChI is InChI=1S/C21H28N4O3S/c1-2-24-12-10-20(11-13-24)29(27,28)25(19-6-4-3-5-7-19)16-18-9-8-17(15-23-18)21(26)14-22/h3-9,15,20H,2,10-14,16,22H2,1H3. The summed E-state index contributed by atoms with van der Waals surface area (Å²) in [7, 11) is -3.56. The van der Waals surface area contributed by atoms with Crippen LogP contribution in [0.2, 0.25) is 0 Å². The number of nitrogens with two attached hydrogens (primary N) is 1. The fourth-order valence-corrected chi connectivity index (χ4v) is 5.47. The number of benzene rings is 1. The van der Waals surface area contributed by atoms with Gasteiger partial charge in [-0.25, -0.2) is 8.42 Å². The summed E-state index contributed by atoms with van der Waals surface area (Å²) in [5.74, 6) is -0.195. The second-order valence-corrected chi connectivity index (χ2v) is 9.32. The van der Waals surface area contributed by atoms with Crippen molar-refractivity contribution in [3.8, 4) is 0 Å². The second-order valence-electron chi connectivity index (χ2n) is 7.19. The third-order valence-electron chi connectivity index (χ3n) is 5.39. The van der Waals surface area contributed by atoms with Gasteiger partial charge in [0.1, 0.15) is 0 Å². The van der Waals surface area contributed by atoms with E-state index in [0.29, 0.717) is 29.8 Å². The minimum absolute atomic E-state index is 0.0813. The van der Waals surface area contributed by atoms with Crippen LogP contribution in [0.3, 0.4) is 0 Å². The molecule has 0 radical (unpaired) electrons. The summed E-state index contributed by atoms with van der Waals surface area (Å²) < 4.78 is 28.5. The van der Waals surface area contributed by atoms with Crippen LogP contribution >= 0.6 is 0 Å². The van der Waals surface area contributed by atoms with Crippen molar-refractivity contribution in [1.82, 2.24) is 9.88 Å². The van der Waals surface area contributed by atoms with Crippen molar-refractivity contribution in [3.05, 3.63) is 59.9 Å². The predicted octanol–water partition coefficient (Wildman–Crippen LogP) is 2.04. The molecule has 1 fully saturated rings. The zero-order valence-corrected chi connectivity index (χ0v) is 17.5. The van der Waals surface area contributed by atoms with Gasteiger partial charge in [0.15, 0.2) is 5.78 Å². The van der Waals surface area contributed by atoms with Crippen molar-refractivity contribution < 1.29 is 13.2 Å². The average Bonchev–Trinajstić information content (AvgIpc) is 2.77. The Morgan fingerprint density at radius 2 is 1.86 bits per heavy atom. The van der Waals surface area contributed by atoms with E-state index in [4.69, 9.17) is 5.73 Å². The van der Waals surface area contributed by atoms with Gasteiger partial charge in [0, 0.05) is 11.8 Å². The number of anilines is 1. The number of sulfonamides is 1. The maximum atomic E-state index is 13.5. The molecule has 2 N–H and O–H groups in total. The van der Waals surface area contributed by atoms with Crippen molar-refractivity contribution in [1.29, 1.82) is 0 Å². The molecule has 2 aromatic rings. The summed E-state index contributed by atoms with van der Waals surface area (Å²) >= 11 is 0. The van der Waals surface area contributed by atoms with Crippen LogP contribution in [-0.4, -0.2) is 55.5 Å². The fourth-order valence-electron chi connectivity index (χ4n) is 3.57. The summed E-state index contributed by atoms with van der Waals surface area (Å²) in [4.78, 5) is 18.3. The molecule has 0 unspecified atom stereocenters. The van der Waals surface area contributed by atoms with E-state index in [2.05, 4.69) is 16.8 Å². The van der Waals surface area contributed by atoms with E-state index in [-0.39, 0.29) is 18.9 Å². The number of ketones is 1. The lowest BCUT2D eigenvalue weighted by atomic mass is 10.1. The van der Waals surface area contributed by atoms with Crippen LogP contribution in [0.4, 0.5) is 5.69 Å². The lowest BCUT2D eigenvalue weighted by molar-refractivity contribution is 0.100. The molecule has 156 valence electrons. The minimum Gasteiger partial charge on any atom is -0.324 e. The van der Waals surface area contributed by atoms with Gasteiger partial charge >= 0.3 is 0 Å². The van der Waals surface area contributed by atoms with Gasteiger partial charge in [-0.1, -0.05) is 25.1 Å². The molecule has 0 atom stereocenters. The number of pyridine rings is 1. The van der Waals surface area contributed by atoms with Crippen LogP contribution < -0.4 is 10.0 Å². The molecule has 1 aliphatic rings. The molecule has 0 spiro atoms. The number of aromatic nitrogens is 1. The summed E-state index contributed by atoms with van der Waals surface area (Å²) in [5, 5.41) is -0.413. The summed E-state index contributed by atoms with van der Waals surface area (Å²) in [6.07, 6.45) is 2.70. The van der Waals surface area contributed by atoms with Gasteiger partial charge in [0.25, 0.3) is 0 Å². The first-order chi connectivity index (χ1) is 14.0. The number of piperidine rings is 1. The third-order valence-corrected chi connectivity index (χ3v) is 7.66. The van der Waals surface area contributed by atoms with E-state index in [1.165, 1.54) is 10.5 Å². The lowest BCUT2D eigenvalue weighted by Gasteiger charge is -2.34. The van der Waals surface area contributed by atoms with E-state index in [1.807, 2.05) is 18.2 Å². The number of carbonyl (C=O) groups is 1. The van der Waals surface area contributed by atoms with Crippen LogP contribution in [-0.2, 0) is 16.6 Å². The van der Waals surface area contributed by atoms with Crippen molar-refractivity contribution >= 4 is 21.5 Å². The van der Waals surface area contributed by atoms with E-state index in [1.54, 1.807) is 24.3 Å². The van der Waals surface area contributed by atoms with Crippen LogP contribution in [0.1, 0.15) is 35.8 Å². The highest BCUT2D eigenvalue weighted by molar-refractivity contribution is 7.93.